The van der Waals surface area contributed by atoms with E-state index in [2.05, 4.69) is 31.9 Å². The molecule has 1 fully saturated rings. The summed E-state index contributed by atoms with van der Waals surface area (Å²) in [6.07, 6.45) is -0.128. The van der Waals surface area contributed by atoms with Gasteiger partial charge in [0.2, 0.25) is 0 Å². The van der Waals surface area contributed by atoms with Crippen molar-refractivity contribution in [2.75, 3.05) is 18.4 Å². The first kappa shape index (κ1) is 15.9. The van der Waals surface area contributed by atoms with Gasteiger partial charge in [-0.3, -0.25) is 0 Å². The molecule has 4 nitrogen and oxygen atoms in total. The van der Waals surface area contributed by atoms with E-state index in [0.29, 0.717) is 27.1 Å². The van der Waals surface area contributed by atoms with E-state index in [9.17, 15) is 8.42 Å². The van der Waals surface area contributed by atoms with Gasteiger partial charge in [-0.25, -0.2) is 8.42 Å². The fourth-order valence-corrected chi connectivity index (χ4v) is 6.49. The fraction of sp³-hybridized carbons (Fsp3) is 0.636. The third-order valence-corrected chi connectivity index (χ3v) is 7.96. The minimum Gasteiger partial charge on any atom is -0.369 e. The molecule has 19 heavy (non-hydrogen) atoms. The molecule has 0 N–H and O–H groups in total. The second-order valence-corrected chi connectivity index (χ2v) is 9.56. The summed E-state index contributed by atoms with van der Waals surface area (Å²) in [5.74, 6) is 0. The first-order chi connectivity index (χ1) is 8.76. The summed E-state index contributed by atoms with van der Waals surface area (Å²) in [4.78, 5) is 0. The number of sulfonamides is 1. The van der Waals surface area contributed by atoms with Crippen LogP contribution in [0.15, 0.2) is 20.1 Å². The van der Waals surface area contributed by atoms with Crippen LogP contribution < -0.4 is 0 Å². The normalized spacial score (nSPS) is 24.5. The molecule has 1 aromatic heterocycles. The molecule has 8 heteroatoms. The van der Waals surface area contributed by atoms with Crippen molar-refractivity contribution in [3.05, 3.63) is 15.9 Å². The highest BCUT2D eigenvalue weighted by atomic mass is 79.9. The number of nitrogens with zero attached hydrogens (tertiary/aromatic N) is 1. The predicted molar refractivity (Wildman–Crippen MR) is 83.5 cm³/mol. The zero-order valence-corrected chi connectivity index (χ0v) is 15.4. The molecular formula is C11H15Br2NO3S2. The van der Waals surface area contributed by atoms with Gasteiger partial charge in [-0.15, -0.1) is 11.3 Å². The summed E-state index contributed by atoms with van der Waals surface area (Å²) in [6.45, 7) is 4.56. The van der Waals surface area contributed by atoms with Crippen LogP contribution >= 0.6 is 43.2 Å². The second kappa shape index (κ2) is 5.73. The van der Waals surface area contributed by atoms with Gasteiger partial charge in [-0.05, 0) is 41.2 Å². The number of hydrogen-bond acceptors (Lipinski definition) is 4. The number of ether oxygens (including phenoxy) is 1. The molecule has 1 atom stereocenters. The molecule has 0 saturated carbocycles. The van der Waals surface area contributed by atoms with Crippen LogP contribution in [0.2, 0.25) is 0 Å². The maximum atomic E-state index is 12.7. The van der Waals surface area contributed by atoms with Gasteiger partial charge in [0.15, 0.2) is 0 Å². The Labute approximate surface area is 134 Å². The Morgan fingerprint density at radius 1 is 1.58 bits per heavy atom. The van der Waals surface area contributed by atoms with Gasteiger partial charge in [0.25, 0.3) is 10.0 Å². The molecule has 0 aromatic carbocycles. The Hall–Kier alpha value is 0.530. The maximum absolute atomic E-state index is 12.7. The van der Waals surface area contributed by atoms with Crippen LogP contribution in [0.3, 0.4) is 0 Å². The van der Waals surface area contributed by atoms with Crippen molar-refractivity contribution >= 4 is 53.2 Å². The highest BCUT2D eigenvalue weighted by Crippen LogP contribution is 2.33. The van der Waals surface area contributed by atoms with E-state index < -0.39 is 15.6 Å². The molecule has 2 rings (SSSR count). The zero-order valence-electron chi connectivity index (χ0n) is 10.6. The van der Waals surface area contributed by atoms with Crippen LogP contribution in [-0.2, 0) is 14.8 Å². The van der Waals surface area contributed by atoms with Crippen molar-refractivity contribution in [1.29, 1.82) is 0 Å². The van der Waals surface area contributed by atoms with Crippen molar-refractivity contribution in [3.8, 4) is 0 Å². The lowest BCUT2D eigenvalue weighted by Crippen LogP contribution is -2.54. The maximum Gasteiger partial charge on any atom is 0.253 e. The highest BCUT2D eigenvalue weighted by molar-refractivity contribution is 9.10. The van der Waals surface area contributed by atoms with Crippen LogP contribution in [0.25, 0.3) is 0 Å². The highest BCUT2D eigenvalue weighted by Gasteiger charge is 2.40. The average molecular weight is 433 g/mol. The molecule has 0 radical (unpaired) electrons. The third-order valence-electron chi connectivity index (χ3n) is 2.78. The van der Waals surface area contributed by atoms with Crippen LogP contribution in [-0.4, -0.2) is 42.8 Å². The van der Waals surface area contributed by atoms with Gasteiger partial charge in [0.05, 0.1) is 11.7 Å². The molecule has 1 saturated heterocycles. The first-order valence-electron chi connectivity index (χ1n) is 5.73. The third kappa shape index (κ3) is 3.41. The minimum absolute atomic E-state index is 0.128. The van der Waals surface area contributed by atoms with Gasteiger partial charge in [0, 0.05) is 22.9 Å². The molecule has 0 amide bonds. The SMILES string of the molecule is CC1(C)CN(S(=O)(=O)c2sccc2Br)CC(CBr)O1. The number of morpholine rings is 1. The van der Waals surface area contributed by atoms with E-state index in [1.165, 1.54) is 15.6 Å². The number of rotatable bonds is 3. The summed E-state index contributed by atoms with van der Waals surface area (Å²) < 4.78 is 33.6. The predicted octanol–water partition coefficient (Wildman–Crippen LogP) is 3.07. The number of halogens is 2. The summed E-state index contributed by atoms with van der Waals surface area (Å²) >= 11 is 7.89. The quantitative estimate of drug-likeness (QED) is 0.689. The molecule has 0 bridgehead atoms. The topological polar surface area (TPSA) is 46.6 Å². The van der Waals surface area contributed by atoms with E-state index in [1.54, 1.807) is 11.4 Å². The largest absolute Gasteiger partial charge is 0.369 e. The van der Waals surface area contributed by atoms with Crippen LogP contribution in [0.4, 0.5) is 0 Å². The van der Waals surface area contributed by atoms with Crippen LogP contribution in [0.1, 0.15) is 13.8 Å². The zero-order chi connectivity index (χ0) is 14.3. The molecule has 0 spiro atoms. The summed E-state index contributed by atoms with van der Waals surface area (Å²) in [5, 5.41) is 2.39. The van der Waals surface area contributed by atoms with Crippen LogP contribution in [0.5, 0.6) is 0 Å². The van der Waals surface area contributed by atoms with Crippen LogP contribution in [0, 0.1) is 0 Å². The van der Waals surface area contributed by atoms with E-state index in [1.807, 2.05) is 13.8 Å². The first-order valence-corrected chi connectivity index (χ1v) is 9.96. The van der Waals surface area contributed by atoms with Crippen molar-refractivity contribution in [2.24, 2.45) is 0 Å². The Morgan fingerprint density at radius 3 is 2.79 bits per heavy atom. The van der Waals surface area contributed by atoms with E-state index in [-0.39, 0.29) is 6.10 Å². The second-order valence-electron chi connectivity index (χ2n) is 5.01. The average Bonchev–Trinajstić information content (AvgIpc) is 2.74. The Balaban J connectivity index is 2.33. The number of thiophene rings is 1. The molecule has 1 aliphatic rings. The molecule has 2 heterocycles. The molecule has 1 unspecified atom stereocenters. The summed E-state index contributed by atoms with van der Waals surface area (Å²) in [5.41, 5.74) is -0.479. The molecule has 108 valence electrons. The minimum atomic E-state index is -3.46. The van der Waals surface area contributed by atoms with E-state index >= 15 is 0 Å². The number of alkyl halides is 1. The lowest BCUT2D eigenvalue weighted by atomic mass is 10.1. The van der Waals surface area contributed by atoms with Gasteiger partial charge in [-0.1, -0.05) is 15.9 Å². The van der Waals surface area contributed by atoms with Gasteiger partial charge in [-0.2, -0.15) is 4.31 Å². The van der Waals surface area contributed by atoms with Crippen molar-refractivity contribution in [3.63, 3.8) is 0 Å². The van der Waals surface area contributed by atoms with E-state index in [0.717, 1.165) is 0 Å². The number of hydrogen-bond donors (Lipinski definition) is 0. The van der Waals surface area contributed by atoms with Crippen molar-refractivity contribution in [1.82, 2.24) is 4.31 Å². The molecule has 0 aliphatic carbocycles. The van der Waals surface area contributed by atoms with Gasteiger partial charge in [0.1, 0.15) is 4.21 Å². The lowest BCUT2D eigenvalue weighted by Gasteiger charge is -2.41. The molecule has 1 aliphatic heterocycles. The van der Waals surface area contributed by atoms with Crippen molar-refractivity contribution < 1.29 is 13.2 Å². The Morgan fingerprint density at radius 2 is 2.26 bits per heavy atom. The van der Waals surface area contributed by atoms with Gasteiger partial charge >= 0.3 is 0 Å². The van der Waals surface area contributed by atoms with Gasteiger partial charge < -0.3 is 4.74 Å². The van der Waals surface area contributed by atoms with Crippen molar-refractivity contribution in [2.45, 2.75) is 29.8 Å². The standard InChI is InChI=1S/C11H15Br2NO3S2/c1-11(2)7-14(6-8(5-12)17-11)19(15,16)10-9(13)3-4-18-10/h3-4,8H,5-7H2,1-2H3. The monoisotopic (exact) mass is 431 g/mol. The molecular weight excluding hydrogens is 418 g/mol. The Bertz CT molecular complexity index is 556. The van der Waals surface area contributed by atoms with E-state index in [4.69, 9.17) is 4.74 Å². The Kier molecular flexibility index (Phi) is 4.80. The fourth-order valence-electron chi connectivity index (χ4n) is 2.09. The summed E-state index contributed by atoms with van der Waals surface area (Å²) in [7, 11) is -3.46. The molecule has 1 aromatic rings. The smallest absolute Gasteiger partial charge is 0.253 e. The lowest BCUT2D eigenvalue weighted by molar-refractivity contribution is -0.106. The summed E-state index contributed by atoms with van der Waals surface area (Å²) in [6, 6.07) is 1.76.